The quantitative estimate of drug-likeness (QED) is 0.725. The minimum absolute atomic E-state index is 0.0968. The summed E-state index contributed by atoms with van der Waals surface area (Å²) < 4.78 is 0. The lowest BCUT2D eigenvalue weighted by Gasteiger charge is -2.49. The van der Waals surface area contributed by atoms with Crippen LogP contribution >= 0.6 is 0 Å². The minimum atomic E-state index is 0.0968. The van der Waals surface area contributed by atoms with Crippen molar-refractivity contribution in [3.8, 4) is 11.3 Å². The molecule has 1 aliphatic rings. The summed E-state index contributed by atoms with van der Waals surface area (Å²) in [4.78, 5) is 11.0. The first-order valence-corrected chi connectivity index (χ1v) is 10.2. The predicted molar refractivity (Wildman–Crippen MR) is 118 cm³/mol. The van der Waals surface area contributed by atoms with Crippen molar-refractivity contribution in [1.29, 1.82) is 0 Å². The maximum atomic E-state index is 4.54. The average molecular weight is 391 g/mol. The Labute approximate surface area is 172 Å². The maximum Gasteiger partial charge on any atom is 0.151 e. The van der Waals surface area contributed by atoms with Crippen LogP contribution in [0.15, 0.2) is 36.5 Å². The summed E-state index contributed by atoms with van der Waals surface area (Å²) >= 11 is 0. The SMILES string of the molecule is Cc1ncc2cc(-c3ccc(N(C)C4CC(C)(C)NC(C)(C)C4)nn3)ccc2n1. The van der Waals surface area contributed by atoms with E-state index in [0.717, 1.165) is 46.6 Å². The second-order valence-electron chi connectivity index (χ2n) is 9.53. The molecular formula is C23H30N6. The van der Waals surface area contributed by atoms with E-state index in [2.05, 4.69) is 77.3 Å². The van der Waals surface area contributed by atoms with Crippen molar-refractivity contribution in [3.63, 3.8) is 0 Å². The minimum Gasteiger partial charge on any atom is -0.355 e. The molecule has 0 saturated carbocycles. The van der Waals surface area contributed by atoms with Gasteiger partial charge in [-0.3, -0.25) is 0 Å². The van der Waals surface area contributed by atoms with Crippen LogP contribution in [-0.2, 0) is 0 Å². The first kappa shape index (κ1) is 19.7. The van der Waals surface area contributed by atoms with Gasteiger partial charge in [0, 0.05) is 41.3 Å². The number of nitrogens with one attached hydrogen (secondary N) is 1. The molecule has 0 bridgehead atoms. The van der Waals surface area contributed by atoms with E-state index >= 15 is 0 Å². The normalized spacial score (nSPS) is 18.7. The Hall–Kier alpha value is -2.60. The first-order chi connectivity index (χ1) is 13.6. The Bertz CT molecular complexity index is 1010. The molecule has 3 heterocycles. The fourth-order valence-electron chi connectivity index (χ4n) is 4.68. The van der Waals surface area contributed by atoms with Gasteiger partial charge in [-0.2, -0.15) is 0 Å². The number of aryl methyl sites for hydroxylation is 1. The molecule has 1 aromatic carbocycles. The van der Waals surface area contributed by atoms with E-state index in [1.807, 2.05) is 31.3 Å². The van der Waals surface area contributed by atoms with Crippen molar-refractivity contribution in [2.75, 3.05) is 11.9 Å². The summed E-state index contributed by atoms with van der Waals surface area (Å²) in [6.45, 7) is 11.0. The fourth-order valence-corrected chi connectivity index (χ4v) is 4.68. The van der Waals surface area contributed by atoms with Gasteiger partial charge in [0.1, 0.15) is 5.82 Å². The van der Waals surface area contributed by atoms with E-state index in [9.17, 15) is 0 Å². The molecule has 0 amide bonds. The summed E-state index contributed by atoms with van der Waals surface area (Å²) in [7, 11) is 2.13. The number of fused-ring (bicyclic) bond motifs is 1. The Balaban J connectivity index is 1.57. The Morgan fingerprint density at radius 1 is 1.00 bits per heavy atom. The first-order valence-electron chi connectivity index (χ1n) is 10.2. The van der Waals surface area contributed by atoms with Gasteiger partial charge in [-0.05, 0) is 71.7 Å². The molecule has 2 aromatic heterocycles. The number of hydrogen-bond acceptors (Lipinski definition) is 6. The Morgan fingerprint density at radius 2 is 1.72 bits per heavy atom. The number of anilines is 1. The maximum absolute atomic E-state index is 4.54. The van der Waals surface area contributed by atoms with Gasteiger partial charge in [0.2, 0.25) is 0 Å². The zero-order valence-corrected chi connectivity index (χ0v) is 18.2. The van der Waals surface area contributed by atoms with E-state index in [-0.39, 0.29) is 11.1 Å². The third-order valence-corrected chi connectivity index (χ3v) is 5.72. The predicted octanol–water partition coefficient (Wildman–Crippen LogP) is 4.14. The van der Waals surface area contributed by atoms with Crippen LogP contribution in [0.4, 0.5) is 5.82 Å². The number of aromatic nitrogens is 4. The van der Waals surface area contributed by atoms with Crippen LogP contribution in [0.25, 0.3) is 22.2 Å². The highest BCUT2D eigenvalue weighted by Gasteiger charge is 2.39. The highest BCUT2D eigenvalue weighted by atomic mass is 15.3. The second-order valence-corrected chi connectivity index (χ2v) is 9.53. The van der Waals surface area contributed by atoms with Gasteiger partial charge < -0.3 is 10.2 Å². The zero-order valence-electron chi connectivity index (χ0n) is 18.2. The van der Waals surface area contributed by atoms with E-state index in [1.165, 1.54) is 0 Å². The van der Waals surface area contributed by atoms with Crippen LogP contribution in [0.3, 0.4) is 0 Å². The van der Waals surface area contributed by atoms with Gasteiger partial charge in [-0.25, -0.2) is 9.97 Å². The molecule has 0 aliphatic carbocycles. The molecule has 1 N–H and O–H groups in total. The average Bonchev–Trinajstić information content (AvgIpc) is 2.64. The summed E-state index contributed by atoms with van der Waals surface area (Å²) in [5.41, 5.74) is 3.02. The summed E-state index contributed by atoms with van der Waals surface area (Å²) in [6.07, 6.45) is 4.00. The van der Waals surface area contributed by atoms with Crippen LogP contribution in [0, 0.1) is 6.92 Å². The highest BCUT2D eigenvalue weighted by Crippen LogP contribution is 2.32. The molecule has 6 nitrogen and oxygen atoms in total. The third-order valence-electron chi connectivity index (χ3n) is 5.72. The van der Waals surface area contributed by atoms with E-state index < -0.39 is 0 Å². The summed E-state index contributed by atoms with van der Waals surface area (Å²) in [6, 6.07) is 10.7. The lowest BCUT2D eigenvalue weighted by molar-refractivity contribution is 0.160. The molecular weight excluding hydrogens is 360 g/mol. The Morgan fingerprint density at radius 3 is 2.38 bits per heavy atom. The number of rotatable bonds is 3. The van der Waals surface area contributed by atoms with Gasteiger partial charge >= 0.3 is 0 Å². The summed E-state index contributed by atoms with van der Waals surface area (Å²) in [5, 5.41) is 13.8. The lowest BCUT2D eigenvalue weighted by Crippen LogP contribution is -2.62. The van der Waals surface area contributed by atoms with Gasteiger partial charge in [0.05, 0.1) is 11.2 Å². The molecule has 0 atom stereocenters. The standard InChI is InChI=1S/C23H30N6/c1-15-24-14-17-11-16(7-8-19(17)25-15)20-9-10-21(27-26-20)29(6)18-12-22(2,3)28-23(4,5)13-18/h7-11,14,18,28H,12-13H2,1-6H3. The largest absolute Gasteiger partial charge is 0.355 e. The van der Waals surface area contributed by atoms with Crippen molar-refractivity contribution in [2.45, 2.75) is 64.6 Å². The summed E-state index contributed by atoms with van der Waals surface area (Å²) in [5.74, 6) is 1.69. The number of nitrogens with zero attached hydrogens (tertiary/aromatic N) is 5. The van der Waals surface area contributed by atoms with Crippen molar-refractivity contribution in [2.24, 2.45) is 0 Å². The Kier molecular flexibility index (Phi) is 4.77. The van der Waals surface area contributed by atoms with Gasteiger partial charge in [0.25, 0.3) is 0 Å². The van der Waals surface area contributed by atoms with Gasteiger partial charge in [0.15, 0.2) is 5.82 Å². The lowest BCUT2D eigenvalue weighted by atomic mass is 9.79. The van der Waals surface area contributed by atoms with Crippen molar-refractivity contribution in [3.05, 3.63) is 42.4 Å². The number of benzene rings is 1. The number of hydrogen-bond donors (Lipinski definition) is 1. The van der Waals surface area contributed by atoms with E-state index in [1.54, 1.807) is 0 Å². The van der Waals surface area contributed by atoms with E-state index in [4.69, 9.17) is 0 Å². The van der Waals surface area contributed by atoms with Gasteiger partial charge in [-0.1, -0.05) is 6.07 Å². The van der Waals surface area contributed by atoms with Crippen LogP contribution in [0.5, 0.6) is 0 Å². The molecule has 0 radical (unpaired) electrons. The van der Waals surface area contributed by atoms with Crippen LogP contribution in [0.1, 0.15) is 46.4 Å². The topological polar surface area (TPSA) is 66.8 Å². The molecule has 1 aliphatic heterocycles. The number of piperidine rings is 1. The molecule has 152 valence electrons. The fraction of sp³-hybridized carbons (Fsp3) is 0.478. The van der Waals surface area contributed by atoms with Crippen LogP contribution < -0.4 is 10.2 Å². The molecule has 1 fully saturated rings. The molecule has 29 heavy (non-hydrogen) atoms. The van der Waals surface area contributed by atoms with Gasteiger partial charge in [-0.15, -0.1) is 10.2 Å². The van der Waals surface area contributed by atoms with Crippen LogP contribution in [0.2, 0.25) is 0 Å². The van der Waals surface area contributed by atoms with Crippen molar-refractivity contribution < 1.29 is 0 Å². The molecule has 0 spiro atoms. The molecule has 6 heteroatoms. The van der Waals surface area contributed by atoms with E-state index in [0.29, 0.717) is 6.04 Å². The van der Waals surface area contributed by atoms with Crippen molar-refractivity contribution >= 4 is 16.7 Å². The second kappa shape index (κ2) is 7.02. The van der Waals surface area contributed by atoms with Crippen molar-refractivity contribution in [1.82, 2.24) is 25.5 Å². The highest BCUT2D eigenvalue weighted by molar-refractivity contribution is 5.83. The monoisotopic (exact) mass is 390 g/mol. The smallest absolute Gasteiger partial charge is 0.151 e. The molecule has 1 saturated heterocycles. The molecule has 3 aromatic rings. The third kappa shape index (κ3) is 4.22. The zero-order chi connectivity index (χ0) is 20.8. The van der Waals surface area contributed by atoms with Crippen LogP contribution in [-0.4, -0.2) is 44.3 Å². The molecule has 0 unspecified atom stereocenters. The molecule has 4 rings (SSSR count).